The van der Waals surface area contributed by atoms with Crippen LogP contribution in [0.1, 0.15) is 0 Å². The topological polar surface area (TPSA) is 12.0 Å². The molecule has 0 saturated carbocycles. The van der Waals surface area contributed by atoms with E-state index in [4.69, 9.17) is 0 Å². The molecule has 0 spiro atoms. The van der Waals surface area contributed by atoms with Gasteiger partial charge in [0.2, 0.25) is 0 Å². The van der Waals surface area contributed by atoms with Gasteiger partial charge in [-0.3, -0.25) is 0 Å². The molecule has 2 aromatic rings. The number of hydrogen-bond acceptors (Lipinski definition) is 1. The molecule has 1 nitrogen and oxygen atoms in total. The number of hydrogen-bond donors (Lipinski definition) is 1. The molecule has 4 heteroatoms. The van der Waals surface area contributed by atoms with E-state index in [-0.39, 0.29) is 0 Å². The molecule has 0 aliphatic heterocycles. The van der Waals surface area contributed by atoms with Gasteiger partial charge in [0.1, 0.15) is 0 Å². The van der Waals surface area contributed by atoms with Gasteiger partial charge in [-0.15, -0.1) is 0 Å². The lowest BCUT2D eigenvalue weighted by molar-refractivity contribution is 1.50. The van der Waals surface area contributed by atoms with E-state index in [0.29, 0.717) is 0 Å². The standard InChI is InChI=1S/C12H8Br3N/c13-8-5-9(14)7-10(6-8)16-12-4-2-1-3-11(12)15/h1-7,16H. The van der Waals surface area contributed by atoms with Crippen molar-refractivity contribution in [3.8, 4) is 0 Å². The van der Waals surface area contributed by atoms with Crippen molar-refractivity contribution >= 4 is 59.2 Å². The van der Waals surface area contributed by atoms with Crippen LogP contribution in [0.5, 0.6) is 0 Å². The van der Waals surface area contributed by atoms with Crippen LogP contribution < -0.4 is 5.32 Å². The Morgan fingerprint density at radius 2 is 1.44 bits per heavy atom. The third-order valence-corrected chi connectivity index (χ3v) is 3.62. The monoisotopic (exact) mass is 403 g/mol. The van der Waals surface area contributed by atoms with E-state index < -0.39 is 0 Å². The Balaban J connectivity index is 2.30. The average Bonchev–Trinajstić information content (AvgIpc) is 2.20. The van der Waals surface area contributed by atoms with Crippen LogP contribution in [0.2, 0.25) is 0 Å². The van der Waals surface area contributed by atoms with Gasteiger partial charge in [-0.05, 0) is 46.3 Å². The second kappa shape index (κ2) is 5.34. The van der Waals surface area contributed by atoms with E-state index >= 15 is 0 Å². The number of anilines is 2. The van der Waals surface area contributed by atoms with Crippen molar-refractivity contribution in [3.05, 3.63) is 55.9 Å². The fourth-order valence-corrected chi connectivity index (χ4v) is 3.02. The van der Waals surface area contributed by atoms with E-state index in [0.717, 1.165) is 24.8 Å². The zero-order valence-electron chi connectivity index (χ0n) is 8.18. The van der Waals surface area contributed by atoms with E-state index in [1.807, 2.05) is 42.5 Å². The van der Waals surface area contributed by atoms with Crippen LogP contribution >= 0.6 is 47.8 Å². The third kappa shape index (κ3) is 3.09. The second-order valence-corrected chi connectivity index (χ2v) is 5.95. The first-order valence-electron chi connectivity index (χ1n) is 4.63. The van der Waals surface area contributed by atoms with Gasteiger partial charge in [-0.25, -0.2) is 0 Å². The minimum atomic E-state index is 1.04. The molecule has 0 saturated heterocycles. The first kappa shape index (κ1) is 12.1. The summed E-state index contributed by atoms with van der Waals surface area (Å²) in [6.07, 6.45) is 0. The lowest BCUT2D eigenvalue weighted by Gasteiger charge is -2.09. The van der Waals surface area contributed by atoms with Crippen molar-refractivity contribution in [2.24, 2.45) is 0 Å². The van der Waals surface area contributed by atoms with Crippen molar-refractivity contribution in [1.82, 2.24) is 0 Å². The number of halogens is 3. The minimum absolute atomic E-state index is 1.04. The van der Waals surface area contributed by atoms with Gasteiger partial charge in [0, 0.05) is 19.1 Å². The predicted octanol–water partition coefficient (Wildman–Crippen LogP) is 5.72. The van der Waals surface area contributed by atoms with E-state index in [9.17, 15) is 0 Å². The lowest BCUT2D eigenvalue weighted by Crippen LogP contribution is -1.91. The molecule has 0 aromatic heterocycles. The number of para-hydroxylation sites is 1. The highest BCUT2D eigenvalue weighted by Crippen LogP contribution is 2.29. The Hall–Kier alpha value is -0.320. The molecule has 0 bridgehead atoms. The average molecular weight is 406 g/mol. The van der Waals surface area contributed by atoms with Crippen molar-refractivity contribution in [2.75, 3.05) is 5.32 Å². The summed E-state index contributed by atoms with van der Waals surface area (Å²) in [6, 6.07) is 14.1. The molecule has 1 N–H and O–H groups in total. The molecular formula is C12H8Br3N. The summed E-state index contributed by atoms with van der Waals surface area (Å²) in [4.78, 5) is 0. The maximum absolute atomic E-state index is 3.50. The number of rotatable bonds is 2. The molecular weight excluding hydrogens is 398 g/mol. The molecule has 2 aromatic carbocycles. The van der Waals surface area contributed by atoms with Crippen LogP contribution in [0.3, 0.4) is 0 Å². The number of nitrogens with one attached hydrogen (secondary N) is 1. The van der Waals surface area contributed by atoms with Crippen LogP contribution in [0.4, 0.5) is 11.4 Å². The van der Waals surface area contributed by atoms with Gasteiger partial charge in [-0.2, -0.15) is 0 Å². The number of benzene rings is 2. The van der Waals surface area contributed by atoms with E-state index in [2.05, 4.69) is 53.1 Å². The van der Waals surface area contributed by atoms with Crippen LogP contribution in [0.25, 0.3) is 0 Å². The zero-order chi connectivity index (χ0) is 11.5. The molecule has 0 fully saturated rings. The summed E-state index contributed by atoms with van der Waals surface area (Å²) < 4.78 is 3.12. The van der Waals surface area contributed by atoms with Gasteiger partial charge in [0.05, 0.1) is 5.69 Å². The van der Waals surface area contributed by atoms with Gasteiger partial charge >= 0.3 is 0 Å². The van der Waals surface area contributed by atoms with Gasteiger partial charge in [0.25, 0.3) is 0 Å². The van der Waals surface area contributed by atoms with Crippen molar-refractivity contribution < 1.29 is 0 Å². The summed E-state index contributed by atoms with van der Waals surface area (Å²) in [6.45, 7) is 0. The Kier molecular flexibility index (Phi) is 4.05. The highest BCUT2D eigenvalue weighted by molar-refractivity contribution is 9.11. The lowest BCUT2D eigenvalue weighted by atomic mass is 10.3. The van der Waals surface area contributed by atoms with Crippen LogP contribution in [0.15, 0.2) is 55.9 Å². The molecule has 0 amide bonds. The van der Waals surface area contributed by atoms with Crippen LogP contribution in [-0.4, -0.2) is 0 Å². The summed E-state index contributed by atoms with van der Waals surface area (Å²) in [7, 11) is 0. The maximum atomic E-state index is 3.50. The first-order valence-corrected chi connectivity index (χ1v) is 7.01. The molecule has 2 rings (SSSR count). The Morgan fingerprint density at radius 1 is 0.812 bits per heavy atom. The van der Waals surface area contributed by atoms with E-state index in [1.54, 1.807) is 0 Å². The molecule has 16 heavy (non-hydrogen) atoms. The first-order chi connectivity index (χ1) is 7.65. The Labute approximate surface area is 120 Å². The van der Waals surface area contributed by atoms with Crippen molar-refractivity contribution in [1.29, 1.82) is 0 Å². The van der Waals surface area contributed by atoms with Crippen LogP contribution in [-0.2, 0) is 0 Å². The van der Waals surface area contributed by atoms with Crippen LogP contribution in [0, 0.1) is 0 Å². The van der Waals surface area contributed by atoms with Gasteiger partial charge in [0.15, 0.2) is 0 Å². The summed E-state index contributed by atoms with van der Waals surface area (Å²) in [5.41, 5.74) is 2.08. The molecule has 0 aliphatic rings. The fraction of sp³-hybridized carbons (Fsp3) is 0. The predicted molar refractivity (Wildman–Crippen MR) is 79.3 cm³/mol. The van der Waals surface area contributed by atoms with Gasteiger partial charge in [-0.1, -0.05) is 44.0 Å². The molecule has 0 aliphatic carbocycles. The molecule has 0 atom stereocenters. The van der Waals surface area contributed by atoms with E-state index in [1.165, 1.54) is 0 Å². The smallest absolute Gasteiger partial charge is 0.0528 e. The zero-order valence-corrected chi connectivity index (χ0v) is 12.9. The quantitative estimate of drug-likeness (QED) is 0.674. The highest BCUT2D eigenvalue weighted by atomic mass is 79.9. The van der Waals surface area contributed by atoms with Crippen molar-refractivity contribution in [2.45, 2.75) is 0 Å². The second-order valence-electron chi connectivity index (χ2n) is 3.26. The van der Waals surface area contributed by atoms with Crippen molar-refractivity contribution in [3.63, 3.8) is 0 Å². The largest absolute Gasteiger partial charge is 0.355 e. The molecule has 82 valence electrons. The normalized spacial score (nSPS) is 10.2. The summed E-state index contributed by atoms with van der Waals surface area (Å²) >= 11 is 10.4. The SMILES string of the molecule is Brc1cc(Br)cc(Nc2ccccc2Br)c1. The molecule has 0 radical (unpaired) electrons. The Morgan fingerprint density at radius 3 is 2.06 bits per heavy atom. The minimum Gasteiger partial charge on any atom is -0.355 e. The maximum Gasteiger partial charge on any atom is 0.0528 e. The summed E-state index contributed by atoms with van der Waals surface area (Å²) in [5.74, 6) is 0. The molecule has 0 heterocycles. The third-order valence-electron chi connectivity index (χ3n) is 2.02. The summed E-state index contributed by atoms with van der Waals surface area (Å²) in [5, 5.41) is 3.35. The fourth-order valence-electron chi connectivity index (χ4n) is 1.34. The highest BCUT2D eigenvalue weighted by Gasteiger charge is 2.01. The van der Waals surface area contributed by atoms with Gasteiger partial charge < -0.3 is 5.32 Å². The molecule has 0 unspecified atom stereocenters. The Bertz CT molecular complexity index is 491.